The number of carbonyl (C=O) groups is 1. The number of nitrogens with one attached hydrogen (secondary N) is 1. The van der Waals surface area contributed by atoms with Crippen molar-refractivity contribution >= 4 is 27.3 Å². The van der Waals surface area contributed by atoms with Crippen LogP contribution >= 0.6 is 11.3 Å². The first-order chi connectivity index (χ1) is 9.14. The number of sulfonamides is 1. The molecule has 1 heterocycles. The number of carbonyl (C=O) groups excluding carboxylic acids is 1. The minimum Gasteiger partial charge on any atom is -0.465 e. The third kappa shape index (κ3) is 3.78. The van der Waals surface area contributed by atoms with Crippen LogP contribution in [0.5, 0.6) is 0 Å². The summed E-state index contributed by atoms with van der Waals surface area (Å²) in [5, 5.41) is 1.62. The Morgan fingerprint density at radius 3 is 2.50 bits per heavy atom. The summed E-state index contributed by atoms with van der Waals surface area (Å²) in [7, 11) is -1.12. The van der Waals surface area contributed by atoms with Crippen LogP contribution in [0, 0.1) is 6.92 Å². The van der Waals surface area contributed by atoms with E-state index in [0.717, 1.165) is 11.3 Å². The SMILES string of the molecule is COCC(C)(C)NS(=O)(=O)c1c(C)csc1C(=O)OC. The highest BCUT2D eigenvalue weighted by molar-refractivity contribution is 7.89. The summed E-state index contributed by atoms with van der Waals surface area (Å²) in [4.78, 5) is 11.7. The van der Waals surface area contributed by atoms with E-state index in [1.807, 2.05) is 0 Å². The van der Waals surface area contributed by atoms with E-state index < -0.39 is 21.5 Å². The van der Waals surface area contributed by atoms with Gasteiger partial charge < -0.3 is 9.47 Å². The Labute approximate surface area is 123 Å². The summed E-state index contributed by atoms with van der Waals surface area (Å²) < 4.78 is 37.1. The molecule has 1 aromatic rings. The molecule has 0 aliphatic heterocycles. The molecule has 0 atom stereocenters. The first kappa shape index (κ1) is 17.1. The van der Waals surface area contributed by atoms with Gasteiger partial charge in [-0.2, -0.15) is 0 Å². The molecule has 1 rings (SSSR count). The highest BCUT2D eigenvalue weighted by Crippen LogP contribution is 2.28. The maximum atomic E-state index is 12.5. The Balaban J connectivity index is 3.23. The summed E-state index contributed by atoms with van der Waals surface area (Å²) in [6.45, 7) is 5.25. The Kier molecular flexibility index (Phi) is 5.31. The molecule has 0 amide bonds. The van der Waals surface area contributed by atoms with Crippen molar-refractivity contribution in [2.24, 2.45) is 0 Å². The lowest BCUT2D eigenvalue weighted by Gasteiger charge is -2.25. The summed E-state index contributed by atoms with van der Waals surface area (Å²) in [6, 6.07) is 0. The van der Waals surface area contributed by atoms with Crippen LogP contribution in [0.2, 0.25) is 0 Å². The zero-order chi connectivity index (χ0) is 15.6. The standard InChI is InChI=1S/C12H19NO5S2/c1-8-6-19-9(11(14)18-5)10(8)20(15,16)13-12(2,3)7-17-4/h6,13H,7H2,1-5H3. The quantitative estimate of drug-likeness (QED) is 0.804. The predicted molar refractivity (Wildman–Crippen MR) is 76.7 cm³/mol. The molecule has 0 fully saturated rings. The van der Waals surface area contributed by atoms with Gasteiger partial charge in [0.15, 0.2) is 0 Å². The number of thiophene rings is 1. The van der Waals surface area contributed by atoms with E-state index in [9.17, 15) is 13.2 Å². The van der Waals surface area contributed by atoms with E-state index >= 15 is 0 Å². The molecule has 0 bridgehead atoms. The molecule has 0 saturated heterocycles. The molecule has 0 aliphatic rings. The van der Waals surface area contributed by atoms with Crippen molar-refractivity contribution in [1.29, 1.82) is 0 Å². The van der Waals surface area contributed by atoms with Gasteiger partial charge in [-0.1, -0.05) is 0 Å². The maximum Gasteiger partial charge on any atom is 0.349 e. The van der Waals surface area contributed by atoms with E-state index in [2.05, 4.69) is 9.46 Å². The molecule has 0 saturated carbocycles. The van der Waals surface area contributed by atoms with Crippen molar-refractivity contribution in [3.8, 4) is 0 Å². The molecule has 0 spiro atoms. The molecule has 1 aromatic heterocycles. The fraction of sp³-hybridized carbons (Fsp3) is 0.583. The fourth-order valence-electron chi connectivity index (χ4n) is 1.81. The van der Waals surface area contributed by atoms with Crippen molar-refractivity contribution in [3.05, 3.63) is 15.8 Å². The Bertz CT molecular complexity index is 589. The summed E-state index contributed by atoms with van der Waals surface area (Å²) in [5.41, 5.74) is -0.272. The van der Waals surface area contributed by atoms with Crippen molar-refractivity contribution in [1.82, 2.24) is 4.72 Å². The molecule has 8 heteroatoms. The lowest BCUT2D eigenvalue weighted by atomic mass is 10.1. The van der Waals surface area contributed by atoms with Crippen molar-refractivity contribution in [3.63, 3.8) is 0 Å². The van der Waals surface area contributed by atoms with Crippen LogP contribution in [0.4, 0.5) is 0 Å². The van der Waals surface area contributed by atoms with Gasteiger partial charge in [-0.3, -0.25) is 0 Å². The van der Waals surface area contributed by atoms with E-state index in [0.29, 0.717) is 5.56 Å². The molecular weight excluding hydrogens is 302 g/mol. The third-order valence-electron chi connectivity index (χ3n) is 2.47. The van der Waals surface area contributed by atoms with Gasteiger partial charge in [0, 0.05) is 7.11 Å². The Morgan fingerprint density at radius 2 is 2.00 bits per heavy atom. The summed E-state index contributed by atoms with van der Waals surface area (Å²) in [6.07, 6.45) is 0. The molecule has 0 aromatic carbocycles. The van der Waals surface area contributed by atoms with Crippen molar-refractivity contribution in [2.75, 3.05) is 20.8 Å². The van der Waals surface area contributed by atoms with E-state index in [-0.39, 0.29) is 16.4 Å². The second-order valence-corrected chi connectivity index (χ2v) is 7.49. The zero-order valence-electron chi connectivity index (χ0n) is 12.1. The predicted octanol–water partition coefficient (Wildman–Crippen LogP) is 1.55. The topological polar surface area (TPSA) is 81.7 Å². The zero-order valence-corrected chi connectivity index (χ0v) is 13.8. The highest BCUT2D eigenvalue weighted by Gasteiger charge is 2.32. The number of hydrogen-bond donors (Lipinski definition) is 1. The molecule has 6 nitrogen and oxygen atoms in total. The van der Waals surface area contributed by atoms with Crippen LogP contribution in [0.25, 0.3) is 0 Å². The van der Waals surface area contributed by atoms with Crippen LogP contribution in [0.1, 0.15) is 29.1 Å². The van der Waals surface area contributed by atoms with Crippen molar-refractivity contribution < 1.29 is 22.7 Å². The smallest absolute Gasteiger partial charge is 0.349 e. The average molecular weight is 321 g/mol. The van der Waals surface area contributed by atoms with Crippen LogP contribution in [-0.4, -0.2) is 40.8 Å². The number of ether oxygens (including phenoxy) is 2. The molecule has 114 valence electrons. The van der Waals surface area contributed by atoms with Crippen LogP contribution in [-0.2, 0) is 19.5 Å². The maximum absolute atomic E-state index is 12.5. The fourth-order valence-corrected chi connectivity index (χ4v) is 4.91. The third-order valence-corrected chi connectivity index (χ3v) is 5.57. The average Bonchev–Trinajstić information content (AvgIpc) is 2.69. The van der Waals surface area contributed by atoms with Gasteiger partial charge in [0.2, 0.25) is 10.0 Å². The molecular formula is C12H19NO5S2. The highest BCUT2D eigenvalue weighted by atomic mass is 32.2. The first-order valence-corrected chi connectivity index (χ1v) is 8.20. The minimum absolute atomic E-state index is 0.0291. The van der Waals surface area contributed by atoms with Gasteiger partial charge in [0.25, 0.3) is 0 Å². The normalized spacial score (nSPS) is 12.4. The van der Waals surface area contributed by atoms with Crippen molar-refractivity contribution in [2.45, 2.75) is 31.2 Å². The van der Waals surface area contributed by atoms with Gasteiger partial charge in [-0.05, 0) is 31.7 Å². The van der Waals surface area contributed by atoms with Crippen LogP contribution < -0.4 is 4.72 Å². The number of esters is 1. The largest absolute Gasteiger partial charge is 0.465 e. The summed E-state index contributed by atoms with van der Waals surface area (Å²) in [5.74, 6) is -0.659. The van der Waals surface area contributed by atoms with Gasteiger partial charge in [0.05, 0.1) is 19.3 Å². The lowest BCUT2D eigenvalue weighted by molar-refractivity contribution is 0.0602. The minimum atomic E-state index is -3.83. The molecule has 1 N–H and O–H groups in total. The Hall–Kier alpha value is -0.960. The second-order valence-electron chi connectivity index (χ2n) is 4.99. The molecule has 0 radical (unpaired) electrons. The van der Waals surface area contributed by atoms with E-state index in [4.69, 9.17) is 4.74 Å². The van der Waals surface area contributed by atoms with E-state index in [1.165, 1.54) is 14.2 Å². The second kappa shape index (κ2) is 6.21. The number of aryl methyl sites for hydroxylation is 1. The lowest BCUT2D eigenvalue weighted by Crippen LogP contribution is -2.46. The number of rotatable bonds is 6. The van der Waals surface area contributed by atoms with Gasteiger partial charge >= 0.3 is 5.97 Å². The number of methoxy groups -OCH3 is 2. The van der Waals surface area contributed by atoms with Crippen LogP contribution in [0.15, 0.2) is 10.3 Å². The van der Waals surface area contributed by atoms with Gasteiger partial charge in [-0.15, -0.1) is 11.3 Å². The van der Waals surface area contributed by atoms with Crippen LogP contribution in [0.3, 0.4) is 0 Å². The van der Waals surface area contributed by atoms with Gasteiger partial charge in [0.1, 0.15) is 9.77 Å². The number of hydrogen-bond acceptors (Lipinski definition) is 6. The summed E-state index contributed by atoms with van der Waals surface area (Å²) >= 11 is 1.05. The van der Waals surface area contributed by atoms with E-state index in [1.54, 1.807) is 26.2 Å². The van der Waals surface area contributed by atoms with Gasteiger partial charge in [-0.25, -0.2) is 17.9 Å². The molecule has 0 unspecified atom stereocenters. The monoisotopic (exact) mass is 321 g/mol. The first-order valence-electron chi connectivity index (χ1n) is 5.84. The Morgan fingerprint density at radius 1 is 1.40 bits per heavy atom. The molecule has 0 aliphatic carbocycles. The molecule has 20 heavy (non-hydrogen) atoms.